The summed E-state index contributed by atoms with van der Waals surface area (Å²) < 4.78 is 14.5. The second-order valence-electron chi connectivity index (χ2n) is 3.57. The monoisotopic (exact) mass is 294 g/mol. The van der Waals surface area contributed by atoms with Gasteiger partial charge in [0.05, 0.1) is 11.4 Å². The van der Waals surface area contributed by atoms with Gasteiger partial charge in [0.25, 0.3) is 0 Å². The van der Waals surface area contributed by atoms with Gasteiger partial charge in [0.15, 0.2) is 5.16 Å². The predicted octanol–water partition coefficient (Wildman–Crippen LogP) is 0.748. The standard InChI is InChI=1S/C11H7FN4O3S/c12-7-2-1-3-8(6(7)4-13)16-10(19)14-15-11(16)20-5-9(17)18/h1-3H,5H2,(H,14,19)(H,17,18). The number of hydrogen-bond acceptors (Lipinski definition) is 5. The zero-order chi connectivity index (χ0) is 14.7. The Balaban J connectivity index is 2.56. The van der Waals surface area contributed by atoms with E-state index in [4.69, 9.17) is 10.4 Å². The molecule has 0 aliphatic heterocycles. The minimum atomic E-state index is -1.09. The molecule has 0 fully saturated rings. The van der Waals surface area contributed by atoms with Crippen molar-refractivity contribution in [3.63, 3.8) is 0 Å². The lowest BCUT2D eigenvalue weighted by Gasteiger charge is -2.06. The van der Waals surface area contributed by atoms with Gasteiger partial charge in [0, 0.05) is 0 Å². The number of hydrogen-bond donors (Lipinski definition) is 2. The van der Waals surface area contributed by atoms with Gasteiger partial charge in [0.1, 0.15) is 17.4 Å². The fourth-order valence-corrected chi connectivity index (χ4v) is 2.20. The second kappa shape index (κ2) is 5.58. The number of halogens is 1. The number of aromatic amines is 1. The van der Waals surface area contributed by atoms with Crippen LogP contribution in [0.3, 0.4) is 0 Å². The summed E-state index contributed by atoms with van der Waals surface area (Å²) in [5.74, 6) is -2.18. The highest BCUT2D eigenvalue weighted by Crippen LogP contribution is 2.21. The van der Waals surface area contributed by atoms with Crippen LogP contribution in [0, 0.1) is 17.1 Å². The first-order valence-electron chi connectivity index (χ1n) is 5.25. The van der Waals surface area contributed by atoms with Crippen molar-refractivity contribution < 1.29 is 14.3 Å². The van der Waals surface area contributed by atoms with Gasteiger partial charge in [-0.3, -0.25) is 4.79 Å². The van der Waals surface area contributed by atoms with E-state index in [1.54, 1.807) is 6.07 Å². The molecule has 0 saturated carbocycles. The third-order valence-electron chi connectivity index (χ3n) is 2.31. The minimum Gasteiger partial charge on any atom is -0.481 e. The van der Waals surface area contributed by atoms with E-state index < -0.39 is 17.5 Å². The molecule has 20 heavy (non-hydrogen) atoms. The zero-order valence-electron chi connectivity index (χ0n) is 9.83. The molecule has 1 aromatic carbocycles. The molecule has 2 N–H and O–H groups in total. The van der Waals surface area contributed by atoms with Crippen LogP contribution in [-0.2, 0) is 4.79 Å². The number of nitrogens with zero attached hydrogens (tertiary/aromatic N) is 3. The van der Waals surface area contributed by atoms with Crippen LogP contribution < -0.4 is 5.69 Å². The van der Waals surface area contributed by atoms with Crippen LogP contribution in [0.5, 0.6) is 0 Å². The highest BCUT2D eigenvalue weighted by Gasteiger charge is 2.17. The molecule has 0 aliphatic carbocycles. The highest BCUT2D eigenvalue weighted by molar-refractivity contribution is 7.99. The number of rotatable bonds is 4. The molecular formula is C11H7FN4O3S. The van der Waals surface area contributed by atoms with Gasteiger partial charge in [0.2, 0.25) is 0 Å². The lowest BCUT2D eigenvalue weighted by Crippen LogP contribution is -2.17. The molecule has 7 nitrogen and oxygen atoms in total. The Bertz CT molecular complexity index is 762. The molecule has 1 aromatic heterocycles. The summed E-state index contributed by atoms with van der Waals surface area (Å²) in [4.78, 5) is 22.3. The maximum Gasteiger partial charge on any atom is 0.348 e. The van der Waals surface area contributed by atoms with Crippen molar-refractivity contribution in [3.05, 3.63) is 40.1 Å². The topological polar surface area (TPSA) is 112 Å². The van der Waals surface area contributed by atoms with Crippen molar-refractivity contribution in [2.75, 3.05) is 5.75 Å². The first kappa shape index (κ1) is 13.8. The van der Waals surface area contributed by atoms with Crippen molar-refractivity contribution in [3.8, 4) is 11.8 Å². The molecule has 0 saturated heterocycles. The first-order chi connectivity index (χ1) is 9.54. The maximum absolute atomic E-state index is 13.6. The molecule has 0 aliphatic rings. The van der Waals surface area contributed by atoms with E-state index in [-0.39, 0.29) is 22.2 Å². The number of benzene rings is 1. The van der Waals surface area contributed by atoms with Gasteiger partial charge in [-0.1, -0.05) is 17.8 Å². The van der Waals surface area contributed by atoms with Crippen LogP contribution >= 0.6 is 11.8 Å². The van der Waals surface area contributed by atoms with E-state index in [0.29, 0.717) is 0 Å². The van der Waals surface area contributed by atoms with Gasteiger partial charge in [-0.15, -0.1) is 5.10 Å². The number of carbonyl (C=O) groups is 1. The van der Waals surface area contributed by atoms with Gasteiger partial charge in [-0.05, 0) is 12.1 Å². The SMILES string of the molecule is N#Cc1c(F)cccc1-n1c(SCC(=O)O)n[nH]c1=O. The average molecular weight is 294 g/mol. The van der Waals surface area contributed by atoms with E-state index >= 15 is 0 Å². The Morgan fingerprint density at radius 2 is 2.35 bits per heavy atom. The van der Waals surface area contributed by atoms with Gasteiger partial charge in [-0.2, -0.15) is 5.26 Å². The van der Waals surface area contributed by atoms with Crippen LogP contribution in [-0.4, -0.2) is 31.6 Å². The number of carboxylic acids is 1. The zero-order valence-corrected chi connectivity index (χ0v) is 10.6. The van der Waals surface area contributed by atoms with Crippen molar-refractivity contribution in [2.24, 2.45) is 0 Å². The number of H-pyrrole nitrogens is 1. The summed E-state index contributed by atoms with van der Waals surface area (Å²) >= 11 is 0.785. The largest absolute Gasteiger partial charge is 0.481 e. The van der Waals surface area contributed by atoms with Crippen molar-refractivity contribution in [1.29, 1.82) is 5.26 Å². The fraction of sp³-hybridized carbons (Fsp3) is 0.0909. The molecule has 2 aromatic rings. The smallest absolute Gasteiger partial charge is 0.348 e. The number of aromatic nitrogens is 3. The summed E-state index contributed by atoms with van der Waals surface area (Å²) in [7, 11) is 0. The molecule has 0 radical (unpaired) electrons. The van der Waals surface area contributed by atoms with Gasteiger partial charge in [-0.25, -0.2) is 18.9 Å². The quantitative estimate of drug-likeness (QED) is 0.805. The highest BCUT2D eigenvalue weighted by atomic mass is 32.2. The van der Waals surface area contributed by atoms with E-state index in [1.165, 1.54) is 12.1 Å². The van der Waals surface area contributed by atoms with E-state index in [2.05, 4.69) is 10.2 Å². The molecule has 0 bridgehead atoms. The van der Waals surface area contributed by atoms with E-state index in [1.807, 2.05) is 0 Å². The summed E-state index contributed by atoms with van der Waals surface area (Å²) in [6, 6.07) is 5.49. The lowest BCUT2D eigenvalue weighted by atomic mass is 10.2. The molecule has 9 heteroatoms. The van der Waals surface area contributed by atoms with Crippen molar-refractivity contribution in [1.82, 2.24) is 14.8 Å². The van der Waals surface area contributed by atoms with Crippen LogP contribution in [0.2, 0.25) is 0 Å². The van der Waals surface area contributed by atoms with Crippen LogP contribution in [0.1, 0.15) is 5.56 Å². The summed E-state index contributed by atoms with van der Waals surface area (Å²) in [6.45, 7) is 0. The Morgan fingerprint density at radius 3 is 3.00 bits per heavy atom. The fourth-order valence-electron chi connectivity index (χ4n) is 1.53. The summed E-state index contributed by atoms with van der Waals surface area (Å²) in [6.07, 6.45) is 0. The van der Waals surface area contributed by atoms with Crippen molar-refractivity contribution in [2.45, 2.75) is 5.16 Å². The van der Waals surface area contributed by atoms with Crippen LogP contribution in [0.25, 0.3) is 5.69 Å². The van der Waals surface area contributed by atoms with Gasteiger partial charge < -0.3 is 5.11 Å². The van der Waals surface area contributed by atoms with Crippen molar-refractivity contribution >= 4 is 17.7 Å². The minimum absolute atomic E-state index is 0.0131. The first-order valence-corrected chi connectivity index (χ1v) is 6.24. The normalized spacial score (nSPS) is 10.2. The van der Waals surface area contributed by atoms with Crippen LogP contribution in [0.15, 0.2) is 28.2 Å². The number of aliphatic carboxylic acids is 1. The third-order valence-corrected chi connectivity index (χ3v) is 3.23. The number of nitrogens with one attached hydrogen (secondary N) is 1. The third kappa shape index (κ3) is 2.55. The lowest BCUT2D eigenvalue weighted by molar-refractivity contribution is -0.133. The van der Waals surface area contributed by atoms with E-state index in [0.717, 1.165) is 22.4 Å². The summed E-state index contributed by atoms with van der Waals surface area (Å²) in [5.41, 5.74) is -0.979. The molecule has 0 amide bonds. The maximum atomic E-state index is 13.6. The Kier molecular flexibility index (Phi) is 3.86. The molecule has 1 heterocycles. The predicted molar refractivity (Wildman–Crippen MR) is 67.2 cm³/mol. The number of thioether (sulfide) groups is 1. The van der Waals surface area contributed by atoms with Crippen LogP contribution in [0.4, 0.5) is 4.39 Å². The molecule has 2 rings (SSSR count). The Labute approximate surface area is 115 Å². The molecule has 0 atom stereocenters. The Hall–Kier alpha value is -2.60. The van der Waals surface area contributed by atoms with E-state index in [9.17, 15) is 14.0 Å². The molecular weight excluding hydrogens is 287 g/mol. The average Bonchev–Trinajstić information content (AvgIpc) is 2.77. The molecule has 0 spiro atoms. The second-order valence-corrected chi connectivity index (χ2v) is 4.52. The molecule has 102 valence electrons. The summed E-state index contributed by atoms with van der Waals surface area (Å²) in [5, 5.41) is 23.4. The number of carboxylic acid groups (broad SMARTS) is 1. The van der Waals surface area contributed by atoms with Gasteiger partial charge >= 0.3 is 11.7 Å². The Morgan fingerprint density at radius 1 is 1.60 bits per heavy atom. The molecule has 0 unspecified atom stereocenters. The number of nitriles is 1.